The van der Waals surface area contributed by atoms with Gasteiger partial charge in [0.05, 0.1) is 11.0 Å². The molecule has 1 aromatic heterocycles. The van der Waals surface area contributed by atoms with E-state index in [0.29, 0.717) is 11.3 Å². The number of esters is 1. The number of carbonyl (C=O) groups is 2. The highest BCUT2D eigenvalue weighted by molar-refractivity contribution is 5.90. The second kappa shape index (κ2) is 8.56. The molecule has 0 bridgehead atoms. The Morgan fingerprint density at radius 1 is 1.21 bits per heavy atom. The number of nitrogens with one attached hydrogen (secondary N) is 1. The number of nitrogens with zero attached hydrogens (tertiary/aromatic N) is 2. The Bertz CT molecular complexity index is 957. The molecule has 1 amide bonds. The van der Waals surface area contributed by atoms with E-state index in [0.717, 1.165) is 0 Å². The summed E-state index contributed by atoms with van der Waals surface area (Å²) >= 11 is 0. The first-order valence-corrected chi connectivity index (χ1v) is 8.86. The predicted molar refractivity (Wildman–Crippen MR) is 103 cm³/mol. The average molecular weight is 399 g/mol. The fraction of sp³-hybridized carbons (Fsp3) is 0.350. The zero-order valence-corrected chi connectivity index (χ0v) is 16.5. The zero-order chi connectivity index (χ0) is 21.8. The van der Waals surface area contributed by atoms with Gasteiger partial charge in [0.15, 0.2) is 6.10 Å². The van der Waals surface area contributed by atoms with Gasteiger partial charge in [0.1, 0.15) is 11.3 Å². The normalized spacial score (nSPS) is 13.8. The Hall–Kier alpha value is -3.67. The van der Waals surface area contributed by atoms with Crippen molar-refractivity contribution in [1.82, 2.24) is 5.32 Å². The SMILES string of the molecule is CC(C)[C@](C)(C#N)NC(=O)[C@@H](C)OC(=O)c1ccc(-c2ccc([N+](=O)[O-])cc2)o1. The number of carbonyl (C=O) groups excluding carboxylic acids is 2. The molecular formula is C20H21N3O6. The van der Waals surface area contributed by atoms with E-state index in [1.54, 1.807) is 20.8 Å². The lowest BCUT2D eigenvalue weighted by molar-refractivity contribution is -0.384. The third kappa shape index (κ3) is 4.99. The Balaban J connectivity index is 2.05. The van der Waals surface area contributed by atoms with Crippen LogP contribution in [0, 0.1) is 27.4 Å². The van der Waals surface area contributed by atoms with Crippen molar-refractivity contribution in [2.24, 2.45) is 5.92 Å². The number of nitro benzene ring substituents is 1. The maximum Gasteiger partial charge on any atom is 0.375 e. The van der Waals surface area contributed by atoms with Crippen LogP contribution in [0.15, 0.2) is 40.8 Å². The van der Waals surface area contributed by atoms with Gasteiger partial charge >= 0.3 is 5.97 Å². The van der Waals surface area contributed by atoms with E-state index in [4.69, 9.17) is 9.15 Å². The first kappa shape index (κ1) is 21.6. The van der Waals surface area contributed by atoms with Crippen molar-refractivity contribution in [3.8, 4) is 17.4 Å². The highest BCUT2D eigenvalue weighted by Gasteiger charge is 2.33. The van der Waals surface area contributed by atoms with E-state index >= 15 is 0 Å². The van der Waals surface area contributed by atoms with Crippen molar-refractivity contribution in [3.63, 3.8) is 0 Å². The van der Waals surface area contributed by atoms with Gasteiger partial charge in [0, 0.05) is 17.7 Å². The molecule has 152 valence electrons. The Labute approximate surface area is 167 Å². The highest BCUT2D eigenvalue weighted by atomic mass is 16.6. The lowest BCUT2D eigenvalue weighted by atomic mass is 9.90. The topological polar surface area (TPSA) is 135 Å². The molecule has 29 heavy (non-hydrogen) atoms. The van der Waals surface area contributed by atoms with Gasteiger partial charge in [-0.1, -0.05) is 13.8 Å². The largest absolute Gasteiger partial charge is 0.449 e. The summed E-state index contributed by atoms with van der Waals surface area (Å²) in [5.41, 5.74) is -0.612. The summed E-state index contributed by atoms with van der Waals surface area (Å²) in [5, 5.41) is 22.6. The summed E-state index contributed by atoms with van der Waals surface area (Å²) in [6, 6.07) is 10.6. The summed E-state index contributed by atoms with van der Waals surface area (Å²) in [5.74, 6) is -1.39. The number of hydrogen-bond acceptors (Lipinski definition) is 7. The monoisotopic (exact) mass is 399 g/mol. The fourth-order valence-electron chi connectivity index (χ4n) is 2.28. The third-order valence-corrected chi connectivity index (χ3v) is 4.59. The van der Waals surface area contributed by atoms with Crippen LogP contribution in [0.1, 0.15) is 38.2 Å². The number of rotatable bonds is 7. The van der Waals surface area contributed by atoms with E-state index in [-0.39, 0.29) is 17.4 Å². The van der Waals surface area contributed by atoms with Gasteiger partial charge in [-0.25, -0.2) is 4.79 Å². The molecule has 2 aromatic rings. The molecule has 0 saturated heterocycles. The smallest absolute Gasteiger partial charge is 0.375 e. The summed E-state index contributed by atoms with van der Waals surface area (Å²) in [4.78, 5) is 34.7. The minimum Gasteiger partial charge on any atom is -0.449 e. The standard InChI is InChI=1S/C20H21N3O6/c1-12(2)20(4,11-21)22-18(24)13(3)28-19(25)17-10-9-16(29-17)14-5-7-15(8-6-14)23(26)27/h5-10,12-13H,1-4H3,(H,22,24)/t13-,20+/m1/s1. The average Bonchev–Trinajstić information content (AvgIpc) is 3.18. The van der Waals surface area contributed by atoms with Crippen LogP contribution in [0.4, 0.5) is 5.69 Å². The van der Waals surface area contributed by atoms with Crippen molar-refractivity contribution in [3.05, 3.63) is 52.3 Å². The predicted octanol–water partition coefficient (Wildman–Crippen LogP) is 3.45. The molecule has 2 atom stereocenters. The molecule has 0 radical (unpaired) electrons. The number of nitro groups is 1. The van der Waals surface area contributed by atoms with Crippen molar-refractivity contribution < 1.29 is 23.7 Å². The van der Waals surface area contributed by atoms with E-state index in [1.165, 1.54) is 43.3 Å². The number of benzene rings is 1. The second-order valence-electron chi connectivity index (χ2n) is 6.97. The molecule has 0 aliphatic heterocycles. The number of hydrogen-bond donors (Lipinski definition) is 1. The molecule has 1 heterocycles. The maximum atomic E-state index is 12.3. The van der Waals surface area contributed by atoms with Crippen LogP contribution < -0.4 is 5.32 Å². The van der Waals surface area contributed by atoms with Crippen LogP contribution in [0.25, 0.3) is 11.3 Å². The molecule has 0 saturated carbocycles. The molecule has 0 spiro atoms. The number of furan rings is 1. The molecule has 0 aliphatic rings. The highest BCUT2D eigenvalue weighted by Crippen LogP contribution is 2.25. The Morgan fingerprint density at radius 3 is 2.34 bits per heavy atom. The van der Waals surface area contributed by atoms with E-state index in [9.17, 15) is 25.0 Å². The lowest BCUT2D eigenvalue weighted by Gasteiger charge is -2.28. The van der Waals surface area contributed by atoms with Crippen LogP contribution in [0.5, 0.6) is 0 Å². The van der Waals surface area contributed by atoms with Crippen molar-refractivity contribution in [1.29, 1.82) is 5.26 Å². The van der Waals surface area contributed by atoms with Gasteiger partial charge in [-0.3, -0.25) is 14.9 Å². The van der Waals surface area contributed by atoms with Crippen molar-refractivity contribution in [2.75, 3.05) is 0 Å². The minimum absolute atomic E-state index is 0.0643. The summed E-state index contributed by atoms with van der Waals surface area (Å²) in [6.45, 7) is 6.57. The lowest BCUT2D eigenvalue weighted by Crippen LogP contribution is -2.52. The number of ether oxygens (including phenoxy) is 1. The van der Waals surface area contributed by atoms with E-state index in [1.807, 2.05) is 6.07 Å². The van der Waals surface area contributed by atoms with Crippen LogP contribution >= 0.6 is 0 Å². The Morgan fingerprint density at radius 2 is 1.83 bits per heavy atom. The van der Waals surface area contributed by atoms with Crippen LogP contribution in [0.3, 0.4) is 0 Å². The molecule has 1 N–H and O–H groups in total. The molecule has 1 aromatic carbocycles. The van der Waals surface area contributed by atoms with Gasteiger partial charge < -0.3 is 14.5 Å². The molecule has 0 aliphatic carbocycles. The molecule has 0 fully saturated rings. The first-order chi connectivity index (χ1) is 13.6. The number of non-ortho nitro benzene ring substituents is 1. The Kier molecular flexibility index (Phi) is 6.38. The van der Waals surface area contributed by atoms with Gasteiger partial charge in [0.25, 0.3) is 11.6 Å². The molecule has 0 unspecified atom stereocenters. The molecular weight excluding hydrogens is 378 g/mol. The van der Waals surface area contributed by atoms with Gasteiger partial charge in [-0.2, -0.15) is 5.26 Å². The van der Waals surface area contributed by atoms with Crippen LogP contribution in [-0.2, 0) is 9.53 Å². The van der Waals surface area contributed by atoms with Gasteiger partial charge in [-0.15, -0.1) is 0 Å². The van der Waals surface area contributed by atoms with Crippen molar-refractivity contribution >= 4 is 17.6 Å². The zero-order valence-electron chi connectivity index (χ0n) is 16.5. The van der Waals surface area contributed by atoms with Gasteiger partial charge in [-0.05, 0) is 44.0 Å². The summed E-state index contributed by atoms with van der Waals surface area (Å²) in [7, 11) is 0. The minimum atomic E-state index is -1.14. The first-order valence-electron chi connectivity index (χ1n) is 8.86. The number of nitriles is 1. The summed E-state index contributed by atoms with van der Waals surface area (Å²) < 4.78 is 10.6. The van der Waals surface area contributed by atoms with Crippen LogP contribution in [0.2, 0.25) is 0 Å². The molecule has 2 rings (SSSR count). The number of amides is 1. The molecule has 9 nitrogen and oxygen atoms in total. The summed E-state index contributed by atoms with van der Waals surface area (Å²) in [6.07, 6.45) is -1.14. The third-order valence-electron chi connectivity index (χ3n) is 4.59. The fourth-order valence-corrected chi connectivity index (χ4v) is 2.28. The maximum absolute atomic E-state index is 12.3. The molecule has 9 heteroatoms. The van der Waals surface area contributed by atoms with Crippen LogP contribution in [-0.4, -0.2) is 28.4 Å². The van der Waals surface area contributed by atoms with Crippen molar-refractivity contribution in [2.45, 2.75) is 39.3 Å². The quantitative estimate of drug-likeness (QED) is 0.428. The second-order valence-corrected chi connectivity index (χ2v) is 6.97. The van der Waals surface area contributed by atoms with Gasteiger partial charge in [0.2, 0.25) is 5.76 Å². The van der Waals surface area contributed by atoms with E-state index < -0.39 is 28.4 Å². The van der Waals surface area contributed by atoms with E-state index in [2.05, 4.69) is 5.32 Å².